The number of hydrogen-bond acceptors (Lipinski definition) is 3. The van der Waals surface area contributed by atoms with Gasteiger partial charge in [-0.05, 0) is 30.7 Å². The molecule has 0 unspecified atom stereocenters. The molecule has 0 aliphatic carbocycles. The Kier molecular flexibility index (Phi) is 4.61. The molecule has 0 spiro atoms. The third-order valence-corrected chi connectivity index (χ3v) is 2.98. The lowest BCUT2D eigenvalue weighted by Gasteiger charge is -2.16. The Morgan fingerprint density at radius 3 is 2.75 bits per heavy atom. The van der Waals surface area contributed by atoms with E-state index in [0.717, 1.165) is 18.7 Å². The van der Waals surface area contributed by atoms with Gasteiger partial charge in [-0.25, -0.2) is 0 Å². The van der Waals surface area contributed by atoms with Crippen molar-refractivity contribution in [3.8, 4) is 18.1 Å². The number of rotatable bonds is 5. The van der Waals surface area contributed by atoms with E-state index in [1.807, 2.05) is 12.1 Å². The Morgan fingerprint density at radius 1 is 1.40 bits per heavy atom. The minimum atomic E-state index is -0.262. The van der Waals surface area contributed by atoms with Gasteiger partial charge in [0.1, 0.15) is 5.75 Å². The number of benzene rings is 1. The maximum Gasteiger partial charge on any atom is 0.258 e. The summed E-state index contributed by atoms with van der Waals surface area (Å²) in [6, 6.07) is 7.13. The van der Waals surface area contributed by atoms with Gasteiger partial charge in [0, 0.05) is 18.7 Å². The van der Waals surface area contributed by atoms with Crippen molar-refractivity contribution < 1.29 is 14.3 Å². The number of carbonyl (C=O) groups excluding carboxylic acids is 2. The molecule has 104 valence electrons. The molecule has 1 aliphatic rings. The number of hydrogen-bond donors (Lipinski definition) is 1. The molecule has 1 aromatic carbocycles. The summed E-state index contributed by atoms with van der Waals surface area (Å²) in [5.41, 5.74) is 0.858. The maximum absolute atomic E-state index is 11.6. The average molecular weight is 272 g/mol. The molecule has 5 heteroatoms. The fraction of sp³-hybridized carbons (Fsp3) is 0.333. The highest BCUT2D eigenvalue weighted by Crippen LogP contribution is 2.23. The largest absolute Gasteiger partial charge is 0.484 e. The minimum Gasteiger partial charge on any atom is -0.484 e. The Balaban J connectivity index is 1.87. The summed E-state index contributed by atoms with van der Waals surface area (Å²) in [4.78, 5) is 24.7. The summed E-state index contributed by atoms with van der Waals surface area (Å²) in [6.07, 6.45) is 6.53. The van der Waals surface area contributed by atoms with Crippen LogP contribution in [0.3, 0.4) is 0 Å². The molecule has 1 aromatic rings. The molecule has 0 aromatic heterocycles. The van der Waals surface area contributed by atoms with Crippen LogP contribution >= 0.6 is 0 Å². The first-order valence-electron chi connectivity index (χ1n) is 6.44. The summed E-state index contributed by atoms with van der Waals surface area (Å²) >= 11 is 0. The molecule has 5 nitrogen and oxygen atoms in total. The lowest BCUT2D eigenvalue weighted by atomic mass is 10.3. The number of amides is 2. The molecular formula is C15H16N2O3. The van der Waals surface area contributed by atoms with Crippen molar-refractivity contribution >= 4 is 17.5 Å². The van der Waals surface area contributed by atoms with Crippen LogP contribution in [-0.2, 0) is 9.59 Å². The van der Waals surface area contributed by atoms with E-state index in [1.165, 1.54) is 0 Å². The first-order valence-corrected chi connectivity index (χ1v) is 6.44. The topological polar surface area (TPSA) is 58.6 Å². The summed E-state index contributed by atoms with van der Waals surface area (Å²) in [5.74, 6) is 2.78. The van der Waals surface area contributed by atoms with E-state index in [1.54, 1.807) is 17.0 Å². The van der Waals surface area contributed by atoms with E-state index < -0.39 is 0 Å². The van der Waals surface area contributed by atoms with Gasteiger partial charge < -0.3 is 15.0 Å². The van der Waals surface area contributed by atoms with Crippen LogP contribution < -0.4 is 15.0 Å². The van der Waals surface area contributed by atoms with Crippen molar-refractivity contribution in [2.24, 2.45) is 0 Å². The van der Waals surface area contributed by atoms with Crippen LogP contribution in [-0.4, -0.2) is 31.5 Å². The van der Waals surface area contributed by atoms with Crippen LogP contribution in [0.4, 0.5) is 5.69 Å². The normalized spacial score (nSPS) is 13.9. The van der Waals surface area contributed by atoms with Crippen molar-refractivity contribution in [2.45, 2.75) is 12.8 Å². The number of carbonyl (C=O) groups is 2. The second kappa shape index (κ2) is 6.62. The van der Waals surface area contributed by atoms with E-state index in [0.29, 0.717) is 12.2 Å². The molecule has 1 saturated heterocycles. The third-order valence-electron chi connectivity index (χ3n) is 2.98. The van der Waals surface area contributed by atoms with Crippen LogP contribution in [0.25, 0.3) is 0 Å². The standard InChI is InChI=1S/C15H16N2O3/c1-2-9-16-14(18)11-20-13-7-5-12(6-8-13)17-10-3-4-15(17)19/h1,5-8H,3-4,9-11H2,(H,16,18). The number of nitrogens with zero attached hydrogens (tertiary/aromatic N) is 1. The molecule has 1 N–H and O–H groups in total. The van der Waals surface area contributed by atoms with Crippen LogP contribution in [0.5, 0.6) is 5.75 Å². The third kappa shape index (κ3) is 3.51. The van der Waals surface area contributed by atoms with E-state index in [-0.39, 0.29) is 25.0 Å². The van der Waals surface area contributed by atoms with Gasteiger partial charge in [-0.15, -0.1) is 6.42 Å². The van der Waals surface area contributed by atoms with E-state index in [4.69, 9.17) is 11.2 Å². The lowest BCUT2D eigenvalue weighted by molar-refractivity contribution is -0.122. The summed E-state index contributed by atoms with van der Waals surface area (Å²) in [6.45, 7) is 0.870. The second-order valence-electron chi connectivity index (χ2n) is 4.41. The number of ether oxygens (including phenoxy) is 1. The van der Waals surface area contributed by atoms with Gasteiger partial charge in [0.2, 0.25) is 5.91 Å². The first-order chi connectivity index (χ1) is 9.70. The maximum atomic E-state index is 11.6. The predicted octanol–water partition coefficient (Wildman–Crippen LogP) is 0.942. The fourth-order valence-corrected chi connectivity index (χ4v) is 1.99. The number of terminal acetylenes is 1. The molecule has 1 fully saturated rings. The Hall–Kier alpha value is -2.48. The summed E-state index contributed by atoms with van der Waals surface area (Å²) < 4.78 is 5.33. The highest BCUT2D eigenvalue weighted by Gasteiger charge is 2.21. The van der Waals surface area contributed by atoms with Gasteiger partial charge in [0.25, 0.3) is 5.91 Å². The molecule has 1 aliphatic heterocycles. The van der Waals surface area contributed by atoms with Crippen LogP contribution in [0.2, 0.25) is 0 Å². The van der Waals surface area contributed by atoms with Crippen LogP contribution in [0, 0.1) is 12.3 Å². The van der Waals surface area contributed by atoms with Crippen molar-refractivity contribution in [1.82, 2.24) is 5.32 Å². The van der Waals surface area contributed by atoms with Gasteiger partial charge in [-0.3, -0.25) is 9.59 Å². The monoisotopic (exact) mass is 272 g/mol. The van der Waals surface area contributed by atoms with Crippen molar-refractivity contribution in [2.75, 3.05) is 24.6 Å². The molecule has 2 rings (SSSR count). The summed E-state index contributed by atoms with van der Waals surface area (Å²) in [7, 11) is 0. The first kappa shape index (κ1) is 13.9. The molecular weight excluding hydrogens is 256 g/mol. The molecule has 0 atom stereocenters. The zero-order valence-electron chi connectivity index (χ0n) is 11.1. The molecule has 20 heavy (non-hydrogen) atoms. The number of anilines is 1. The molecule has 0 radical (unpaired) electrons. The summed E-state index contributed by atoms with van der Waals surface area (Å²) in [5, 5.41) is 2.51. The second-order valence-corrected chi connectivity index (χ2v) is 4.41. The van der Waals surface area contributed by atoms with Gasteiger partial charge in [0.15, 0.2) is 6.61 Å². The van der Waals surface area contributed by atoms with E-state index in [9.17, 15) is 9.59 Å². The molecule has 0 saturated carbocycles. The molecule has 0 bridgehead atoms. The van der Waals surface area contributed by atoms with Gasteiger partial charge >= 0.3 is 0 Å². The highest BCUT2D eigenvalue weighted by molar-refractivity contribution is 5.95. The fourth-order valence-electron chi connectivity index (χ4n) is 1.99. The van der Waals surface area contributed by atoms with Gasteiger partial charge in [-0.1, -0.05) is 5.92 Å². The molecule has 2 amide bonds. The number of nitrogens with one attached hydrogen (secondary N) is 1. The molecule has 1 heterocycles. The smallest absolute Gasteiger partial charge is 0.258 e. The van der Waals surface area contributed by atoms with Crippen LogP contribution in [0.15, 0.2) is 24.3 Å². The minimum absolute atomic E-state index is 0.0797. The quantitative estimate of drug-likeness (QED) is 0.812. The van der Waals surface area contributed by atoms with Crippen LogP contribution in [0.1, 0.15) is 12.8 Å². The van der Waals surface area contributed by atoms with Gasteiger partial charge in [-0.2, -0.15) is 0 Å². The van der Waals surface area contributed by atoms with E-state index in [2.05, 4.69) is 11.2 Å². The lowest BCUT2D eigenvalue weighted by Crippen LogP contribution is -2.29. The van der Waals surface area contributed by atoms with Gasteiger partial charge in [0.05, 0.1) is 6.54 Å². The Labute approximate surface area is 117 Å². The SMILES string of the molecule is C#CCNC(=O)COc1ccc(N2CCCC2=O)cc1. The van der Waals surface area contributed by atoms with E-state index >= 15 is 0 Å². The van der Waals surface area contributed by atoms with Crippen molar-refractivity contribution in [1.29, 1.82) is 0 Å². The Morgan fingerprint density at radius 2 is 2.15 bits per heavy atom. The van der Waals surface area contributed by atoms with Crippen molar-refractivity contribution in [3.05, 3.63) is 24.3 Å². The van der Waals surface area contributed by atoms with Crippen molar-refractivity contribution in [3.63, 3.8) is 0 Å². The highest BCUT2D eigenvalue weighted by atomic mass is 16.5. The zero-order chi connectivity index (χ0) is 14.4. The Bertz CT molecular complexity index is 531. The zero-order valence-corrected chi connectivity index (χ0v) is 11.1. The average Bonchev–Trinajstić information content (AvgIpc) is 2.89. The predicted molar refractivity (Wildman–Crippen MR) is 75.4 cm³/mol.